The van der Waals surface area contributed by atoms with E-state index in [2.05, 4.69) is 25.6 Å². The van der Waals surface area contributed by atoms with E-state index in [1.165, 1.54) is 0 Å². The van der Waals surface area contributed by atoms with Gasteiger partial charge in [0.25, 0.3) is 0 Å². The highest BCUT2D eigenvalue weighted by Gasteiger charge is 2.25. The lowest BCUT2D eigenvalue weighted by Crippen LogP contribution is -2.44. The van der Waals surface area contributed by atoms with Crippen LogP contribution in [0.2, 0.25) is 5.02 Å². The second-order valence-corrected chi connectivity index (χ2v) is 6.78. The molecule has 1 unspecified atom stereocenters. The maximum atomic E-state index is 6.16. The molecular formula is C18H25ClN6O. The minimum atomic E-state index is 0.304. The summed E-state index contributed by atoms with van der Waals surface area (Å²) in [5, 5.41) is 11.7. The molecule has 26 heavy (non-hydrogen) atoms. The maximum absolute atomic E-state index is 6.16. The number of benzene rings is 1. The van der Waals surface area contributed by atoms with E-state index in [9.17, 15) is 0 Å². The van der Waals surface area contributed by atoms with Crippen molar-refractivity contribution in [3.63, 3.8) is 0 Å². The first-order valence-corrected chi connectivity index (χ1v) is 9.00. The first kappa shape index (κ1) is 18.4. The van der Waals surface area contributed by atoms with Crippen molar-refractivity contribution in [2.75, 3.05) is 32.1 Å². The number of ether oxygens (including phenoxy) is 1. The Kier molecular flexibility index (Phi) is 5.88. The molecule has 0 aliphatic carbocycles. The number of aliphatic imine (C=N–C) groups is 1. The fourth-order valence-electron chi connectivity index (χ4n) is 3.14. The van der Waals surface area contributed by atoms with Crippen LogP contribution in [0.4, 0.5) is 5.69 Å². The van der Waals surface area contributed by atoms with Crippen molar-refractivity contribution in [1.82, 2.24) is 20.4 Å². The fourth-order valence-corrected chi connectivity index (χ4v) is 3.31. The molecule has 3 rings (SSSR count). The van der Waals surface area contributed by atoms with Gasteiger partial charge in [-0.15, -0.1) is 0 Å². The summed E-state index contributed by atoms with van der Waals surface area (Å²) in [6.07, 6.45) is 4.86. The van der Waals surface area contributed by atoms with Crippen LogP contribution in [0.3, 0.4) is 0 Å². The fraction of sp³-hybridized carbons (Fsp3) is 0.444. The highest BCUT2D eigenvalue weighted by Crippen LogP contribution is 2.33. The molecule has 1 aliphatic heterocycles. The zero-order valence-electron chi connectivity index (χ0n) is 15.4. The van der Waals surface area contributed by atoms with Gasteiger partial charge in [0.1, 0.15) is 5.75 Å². The van der Waals surface area contributed by atoms with E-state index >= 15 is 0 Å². The Bertz CT molecular complexity index is 775. The summed E-state index contributed by atoms with van der Waals surface area (Å²) in [5.41, 5.74) is 2.15. The zero-order chi connectivity index (χ0) is 18.5. The highest BCUT2D eigenvalue weighted by atomic mass is 35.5. The minimum absolute atomic E-state index is 0.304. The number of aryl methyl sites for hydroxylation is 1. The molecule has 0 radical (unpaired) electrons. The van der Waals surface area contributed by atoms with E-state index in [0.717, 1.165) is 42.5 Å². The van der Waals surface area contributed by atoms with Crippen molar-refractivity contribution in [3.05, 3.63) is 41.2 Å². The Morgan fingerprint density at radius 2 is 2.31 bits per heavy atom. The second-order valence-electron chi connectivity index (χ2n) is 6.34. The van der Waals surface area contributed by atoms with Gasteiger partial charge in [-0.3, -0.25) is 9.67 Å². The van der Waals surface area contributed by atoms with Crippen LogP contribution >= 0.6 is 11.6 Å². The molecule has 0 saturated carbocycles. The lowest BCUT2D eigenvalue weighted by molar-refractivity contribution is 0.415. The van der Waals surface area contributed by atoms with Gasteiger partial charge in [0.2, 0.25) is 0 Å². The number of hydrogen-bond acceptors (Lipinski definition) is 4. The third-order valence-electron chi connectivity index (χ3n) is 4.45. The van der Waals surface area contributed by atoms with Gasteiger partial charge in [0.15, 0.2) is 5.96 Å². The SMILES string of the molecule is CN=C(NCc1cnn(C)c1)NC1CCN(c2cc(Cl)ccc2OC)C1. The Labute approximate surface area is 159 Å². The number of methoxy groups -OCH3 is 1. The van der Waals surface area contributed by atoms with Gasteiger partial charge in [-0.1, -0.05) is 11.6 Å². The topological polar surface area (TPSA) is 66.7 Å². The standard InChI is InChI=1S/C18H25ClN6O/c1-20-18(21-9-13-10-22-24(2)11-13)23-15-6-7-25(12-15)16-8-14(19)4-5-17(16)26-3/h4-5,8,10-11,15H,6-7,9,12H2,1-3H3,(H2,20,21,23). The Morgan fingerprint density at radius 1 is 1.46 bits per heavy atom. The van der Waals surface area contributed by atoms with Crippen molar-refractivity contribution in [1.29, 1.82) is 0 Å². The lowest BCUT2D eigenvalue weighted by Gasteiger charge is -2.22. The quantitative estimate of drug-likeness (QED) is 0.617. The molecule has 2 N–H and O–H groups in total. The van der Waals surface area contributed by atoms with Crippen LogP contribution in [0, 0.1) is 0 Å². The van der Waals surface area contributed by atoms with E-state index in [-0.39, 0.29) is 0 Å². The summed E-state index contributed by atoms with van der Waals surface area (Å²) < 4.78 is 7.27. The monoisotopic (exact) mass is 376 g/mol. The normalized spacial score (nSPS) is 17.5. The number of aromatic nitrogens is 2. The van der Waals surface area contributed by atoms with Gasteiger partial charge in [0.05, 0.1) is 19.0 Å². The summed E-state index contributed by atoms with van der Waals surface area (Å²) in [5.74, 6) is 1.63. The Hall–Kier alpha value is -2.41. The smallest absolute Gasteiger partial charge is 0.191 e. The summed E-state index contributed by atoms with van der Waals surface area (Å²) >= 11 is 6.16. The number of halogens is 1. The van der Waals surface area contributed by atoms with Gasteiger partial charge in [-0.05, 0) is 24.6 Å². The van der Waals surface area contributed by atoms with Crippen molar-refractivity contribution < 1.29 is 4.74 Å². The molecule has 0 bridgehead atoms. The summed E-state index contributed by atoms with van der Waals surface area (Å²) in [4.78, 5) is 6.61. The van der Waals surface area contributed by atoms with Gasteiger partial charge in [-0.25, -0.2) is 0 Å². The highest BCUT2D eigenvalue weighted by molar-refractivity contribution is 6.30. The predicted molar refractivity (Wildman–Crippen MR) is 105 cm³/mol. The number of rotatable bonds is 5. The number of anilines is 1. The molecular weight excluding hydrogens is 352 g/mol. The minimum Gasteiger partial charge on any atom is -0.495 e. The van der Waals surface area contributed by atoms with Crippen LogP contribution in [-0.2, 0) is 13.6 Å². The number of nitrogens with one attached hydrogen (secondary N) is 2. The van der Waals surface area contributed by atoms with E-state index in [1.807, 2.05) is 37.6 Å². The molecule has 1 saturated heterocycles. The number of hydrogen-bond donors (Lipinski definition) is 2. The lowest BCUT2D eigenvalue weighted by atomic mass is 10.2. The molecule has 1 aromatic heterocycles. The molecule has 1 aromatic carbocycles. The van der Waals surface area contributed by atoms with E-state index in [1.54, 1.807) is 18.8 Å². The van der Waals surface area contributed by atoms with Gasteiger partial charge in [-0.2, -0.15) is 5.10 Å². The predicted octanol–water partition coefficient (Wildman–Crippen LogP) is 2.03. The third kappa shape index (κ3) is 4.40. The van der Waals surface area contributed by atoms with Crippen LogP contribution in [0.5, 0.6) is 5.75 Å². The maximum Gasteiger partial charge on any atom is 0.191 e. The molecule has 1 aliphatic rings. The molecule has 0 amide bonds. The van der Waals surface area contributed by atoms with E-state index in [4.69, 9.17) is 16.3 Å². The molecule has 0 spiro atoms. The third-order valence-corrected chi connectivity index (χ3v) is 4.69. The summed E-state index contributed by atoms with van der Waals surface area (Å²) in [6, 6.07) is 6.02. The Morgan fingerprint density at radius 3 is 3.00 bits per heavy atom. The molecule has 140 valence electrons. The number of nitrogens with zero attached hydrogens (tertiary/aromatic N) is 4. The van der Waals surface area contributed by atoms with Crippen molar-refractivity contribution in [2.45, 2.75) is 19.0 Å². The van der Waals surface area contributed by atoms with Crippen LogP contribution < -0.4 is 20.3 Å². The first-order chi connectivity index (χ1) is 12.6. The largest absolute Gasteiger partial charge is 0.495 e. The van der Waals surface area contributed by atoms with Gasteiger partial charge in [0, 0.05) is 56.6 Å². The molecule has 8 heteroatoms. The van der Waals surface area contributed by atoms with Crippen LogP contribution in [0.15, 0.2) is 35.6 Å². The number of guanidine groups is 1. The first-order valence-electron chi connectivity index (χ1n) is 8.62. The van der Waals surface area contributed by atoms with Gasteiger partial charge < -0.3 is 20.3 Å². The van der Waals surface area contributed by atoms with E-state index in [0.29, 0.717) is 17.6 Å². The Balaban J connectivity index is 1.57. The molecule has 2 heterocycles. The zero-order valence-corrected chi connectivity index (χ0v) is 16.1. The van der Waals surface area contributed by atoms with Crippen LogP contribution in [0.1, 0.15) is 12.0 Å². The average molecular weight is 377 g/mol. The molecule has 1 fully saturated rings. The van der Waals surface area contributed by atoms with Crippen LogP contribution in [-0.4, -0.2) is 49.0 Å². The van der Waals surface area contributed by atoms with Crippen molar-refractivity contribution >= 4 is 23.2 Å². The van der Waals surface area contributed by atoms with Crippen molar-refractivity contribution in [3.8, 4) is 5.75 Å². The van der Waals surface area contributed by atoms with Gasteiger partial charge >= 0.3 is 0 Å². The van der Waals surface area contributed by atoms with Crippen molar-refractivity contribution in [2.24, 2.45) is 12.0 Å². The summed E-state index contributed by atoms with van der Waals surface area (Å²) in [6.45, 7) is 2.49. The summed E-state index contributed by atoms with van der Waals surface area (Å²) in [7, 11) is 5.38. The average Bonchev–Trinajstić information content (AvgIpc) is 3.27. The molecule has 1 atom stereocenters. The second kappa shape index (κ2) is 8.31. The van der Waals surface area contributed by atoms with Crippen LogP contribution in [0.25, 0.3) is 0 Å². The van der Waals surface area contributed by atoms with E-state index < -0.39 is 0 Å². The molecule has 7 nitrogen and oxygen atoms in total. The molecule has 2 aromatic rings.